The number of hydrogen-bond acceptors (Lipinski definition) is 4. The van der Waals surface area contributed by atoms with E-state index >= 15 is 0 Å². The van der Waals surface area contributed by atoms with Gasteiger partial charge in [0.05, 0.1) is 5.56 Å². The van der Waals surface area contributed by atoms with Crippen molar-refractivity contribution in [3.8, 4) is 5.75 Å². The van der Waals surface area contributed by atoms with Gasteiger partial charge in [0.2, 0.25) is 0 Å². The fraction of sp³-hybridized carbons (Fsp3) is 0.406. The highest BCUT2D eigenvalue weighted by atomic mass is 19.4. The van der Waals surface area contributed by atoms with E-state index in [4.69, 9.17) is 4.74 Å². The Labute approximate surface area is 228 Å². The molecular formula is C32H35F3N2O2. The second-order valence-corrected chi connectivity index (χ2v) is 10.7. The zero-order valence-corrected chi connectivity index (χ0v) is 22.1. The summed E-state index contributed by atoms with van der Waals surface area (Å²) in [5.41, 5.74) is 3.14. The fourth-order valence-electron chi connectivity index (χ4n) is 5.62. The molecule has 0 spiro atoms. The predicted molar refractivity (Wildman–Crippen MR) is 146 cm³/mol. The molecule has 0 bridgehead atoms. The lowest BCUT2D eigenvalue weighted by molar-refractivity contribution is -0.137. The van der Waals surface area contributed by atoms with Crippen LogP contribution in [0.4, 0.5) is 13.2 Å². The van der Waals surface area contributed by atoms with E-state index in [0.29, 0.717) is 31.1 Å². The van der Waals surface area contributed by atoms with Gasteiger partial charge in [-0.1, -0.05) is 48.5 Å². The van der Waals surface area contributed by atoms with E-state index < -0.39 is 11.7 Å². The summed E-state index contributed by atoms with van der Waals surface area (Å²) in [6, 6.07) is 21.8. The number of benzene rings is 3. The van der Waals surface area contributed by atoms with Crippen LogP contribution in [0.2, 0.25) is 0 Å². The zero-order valence-electron chi connectivity index (χ0n) is 22.1. The maximum absolute atomic E-state index is 13.1. The van der Waals surface area contributed by atoms with Crippen molar-refractivity contribution < 1.29 is 22.7 Å². The van der Waals surface area contributed by atoms with Crippen molar-refractivity contribution in [2.24, 2.45) is 5.92 Å². The highest BCUT2D eigenvalue weighted by Gasteiger charge is 2.30. The molecule has 3 aromatic carbocycles. The molecule has 2 heterocycles. The first kappa shape index (κ1) is 27.4. The van der Waals surface area contributed by atoms with Crippen LogP contribution >= 0.6 is 0 Å². The number of halogens is 3. The third kappa shape index (κ3) is 7.49. The van der Waals surface area contributed by atoms with Crippen molar-refractivity contribution in [2.45, 2.75) is 51.5 Å². The molecule has 0 amide bonds. The molecular weight excluding hydrogens is 501 g/mol. The summed E-state index contributed by atoms with van der Waals surface area (Å²) in [7, 11) is 0. The molecule has 0 N–H and O–H groups in total. The SMILES string of the molecule is O=C(CCC1CCN(Cc2cccc(C(F)(F)F)c2)CC1)c1ccc2c(c1)CN(Cc1ccccc1)CCO2. The molecule has 2 aliphatic heterocycles. The van der Waals surface area contributed by atoms with Gasteiger partial charge in [0.25, 0.3) is 0 Å². The summed E-state index contributed by atoms with van der Waals surface area (Å²) in [6.45, 7) is 5.24. The number of ether oxygens (including phenoxy) is 1. The largest absolute Gasteiger partial charge is 0.492 e. The number of carbonyl (C=O) groups excluding carboxylic acids is 1. The van der Waals surface area contributed by atoms with Crippen LogP contribution in [0.15, 0.2) is 72.8 Å². The molecule has 0 aliphatic carbocycles. The molecule has 1 saturated heterocycles. The van der Waals surface area contributed by atoms with Crippen LogP contribution in [-0.2, 0) is 25.8 Å². The number of piperidine rings is 1. The zero-order chi connectivity index (χ0) is 27.2. The van der Waals surface area contributed by atoms with Gasteiger partial charge in [-0.2, -0.15) is 13.2 Å². The van der Waals surface area contributed by atoms with Crippen LogP contribution < -0.4 is 4.74 Å². The number of carbonyl (C=O) groups is 1. The number of fused-ring (bicyclic) bond motifs is 1. The molecule has 7 heteroatoms. The van der Waals surface area contributed by atoms with E-state index in [1.54, 1.807) is 6.07 Å². The van der Waals surface area contributed by atoms with Crippen molar-refractivity contribution in [3.05, 3.63) is 101 Å². The minimum absolute atomic E-state index is 0.156. The molecule has 0 radical (unpaired) electrons. The van der Waals surface area contributed by atoms with Gasteiger partial charge in [0, 0.05) is 43.7 Å². The Balaban J connectivity index is 1.11. The van der Waals surface area contributed by atoms with E-state index in [2.05, 4.69) is 34.1 Å². The topological polar surface area (TPSA) is 32.8 Å². The first-order valence-corrected chi connectivity index (χ1v) is 13.8. The Morgan fingerprint density at radius 3 is 2.36 bits per heavy atom. The number of rotatable bonds is 8. The molecule has 0 unspecified atom stereocenters. The number of hydrogen-bond donors (Lipinski definition) is 0. The highest BCUT2D eigenvalue weighted by Crippen LogP contribution is 2.31. The molecule has 0 atom stereocenters. The summed E-state index contributed by atoms with van der Waals surface area (Å²) >= 11 is 0. The van der Waals surface area contributed by atoms with Gasteiger partial charge in [-0.05, 0) is 73.7 Å². The van der Waals surface area contributed by atoms with Gasteiger partial charge >= 0.3 is 6.18 Å². The van der Waals surface area contributed by atoms with Crippen LogP contribution in [0.5, 0.6) is 5.75 Å². The van der Waals surface area contributed by atoms with E-state index in [9.17, 15) is 18.0 Å². The lowest BCUT2D eigenvalue weighted by Crippen LogP contribution is -2.33. The minimum Gasteiger partial charge on any atom is -0.492 e. The summed E-state index contributed by atoms with van der Waals surface area (Å²) in [5.74, 6) is 1.47. The average molecular weight is 537 g/mol. The van der Waals surface area contributed by atoms with Crippen molar-refractivity contribution in [1.82, 2.24) is 9.80 Å². The number of ketones is 1. The Bertz CT molecular complexity index is 1250. The second-order valence-electron chi connectivity index (χ2n) is 10.7. The normalized spacial score (nSPS) is 17.3. The summed E-state index contributed by atoms with van der Waals surface area (Å²) in [6.07, 6.45) is -1.06. The third-order valence-electron chi connectivity index (χ3n) is 7.84. The highest BCUT2D eigenvalue weighted by molar-refractivity contribution is 5.96. The lowest BCUT2D eigenvalue weighted by atomic mass is 9.90. The molecule has 0 saturated carbocycles. The number of nitrogens with zero attached hydrogens (tertiary/aromatic N) is 2. The van der Waals surface area contributed by atoms with Crippen molar-refractivity contribution in [3.63, 3.8) is 0 Å². The van der Waals surface area contributed by atoms with Crippen LogP contribution in [0.25, 0.3) is 0 Å². The van der Waals surface area contributed by atoms with Gasteiger partial charge in [0.15, 0.2) is 5.78 Å². The van der Waals surface area contributed by atoms with E-state index in [-0.39, 0.29) is 5.78 Å². The molecule has 1 fully saturated rings. The third-order valence-corrected chi connectivity index (χ3v) is 7.84. The number of alkyl halides is 3. The van der Waals surface area contributed by atoms with Gasteiger partial charge in [-0.15, -0.1) is 0 Å². The van der Waals surface area contributed by atoms with Crippen molar-refractivity contribution >= 4 is 5.78 Å². The smallest absolute Gasteiger partial charge is 0.416 e. The predicted octanol–water partition coefficient (Wildman–Crippen LogP) is 6.98. The Morgan fingerprint density at radius 1 is 0.846 bits per heavy atom. The van der Waals surface area contributed by atoms with Crippen LogP contribution in [-0.4, -0.2) is 41.8 Å². The van der Waals surface area contributed by atoms with Gasteiger partial charge in [-0.25, -0.2) is 0 Å². The molecule has 4 nitrogen and oxygen atoms in total. The fourth-order valence-corrected chi connectivity index (χ4v) is 5.62. The second kappa shape index (κ2) is 12.3. The van der Waals surface area contributed by atoms with Gasteiger partial charge in [0.1, 0.15) is 12.4 Å². The molecule has 3 aromatic rings. The molecule has 0 aromatic heterocycles. The minimum atomic E-state index is -4.32. The quantitative estimate of drug-likeness (QED) is 0.291. The summed E-state index contributed by atoms with van der Waals surface area (Å²) < 4.78 is 45.0. The van der Waals surface area contributed by atoms with Crippen molar-refractivity contribution in [1.29, 1.82) is 0 Å². The number of likely N-dealkylation sites (tertiary alicyclic amines) is 1. The van der Waals surface area contributed by atoms with Crippen LogP contribution in [0.3, 0.4) is 0 Å². The monoisotopic (exact) mass is 536 g/mol. The summed E-state index contributed by atoms with van der Waals surface area (Å²) in [4.78, 5) is 17.7. The molecule has 5 rings (SSSR count). The summed E-state index contributed by atoms with van der Waals surface area (Å²) in [5, 5.41) is 0. The first-order valence-electron chi connectivity index (χ1n) is 13.8. The van der Waals surface area contributed by atoms with Gasteiger partial charge in [-0.3, -0.25) is 14.6 Å². The van der Waals surface area contributed by atoms with Crippen molar-refractivity contribution in [2.75, 3.05) is 26.2 Å². The van der Waals surface area contributed by atoms with Crippen LogP contribution in [0, 0.1) is 5.92 Å². The number of Topliss-reactive ketones (excluding diaryl/α,β-unsaturated/α-hetero) is 1. The molecule has 39 heavy (non-hydrogen) atoms. The Kier molecular flexibility index (Phi) is 8.68. The maximum atomic E-state index is 13.1. The Morgan fingerprint density at radius 2 is 1.59 bits per heavy atom. The standard InChI is InChI=1S/C32H35F3N2O2/c33-32(34,35)29-8-4-7-26(19-29)22-36-15-13-24(14-16-36)9-11-30(38)27-10-12-31-28(20-27)23-37(17-18-39-31)21-25-5-2-1-3-6-25/h1-8,10,12,19-20,24H,9,11,13-18,21-23H2. The Hall–Kier alpha value is -3.16. The van der Waals surface area contributed by atoms with Crippen LogP contribution in [0.1, 0.15) is 58.3 Å². The van der Waals surface area contributed by atoms with E-state index in [0.717, 1.165) is 74.9 Å². The average Bonchev–Trinajstić information content (AvgIpc) is 3.14. The molecule has 2 aliphatic rings. The molecule has 206 valence electrons. The van der Waals surface area contributed by atoms with E-state index in [1.807, 2.05) is 24.3 Å². The first-order chi connectivity index (χ1) is 18.8. The van der Waals surface area contributed by atoms with Gasteiger partial charge < -0.3 is 4.74 Å². The maximum Gasteiger partial charge on any atom is 0.416 e. The van der Waals surface area contributed by atoms with E-state index in [1.165, 1.54) is 17.7 Å². The lowest BCUT2D eigenvalue weighted by Gasteiger charge is -2.32.